The molecule has 0 amide bonds. The molecule has 0 saturated carbocycles. The first-order valence-corrected chi connectivity index (χ1v) is 5.79. The summed E-state index contributed by atoms with van der Waals surface area (Å²) in [6.45, 7) is 4.05. The predicted octanol–water partition coefficient (Wildman–Crippen LogP) is 1.93. The van der Waals surface area contributed by atoms with Gasteiger partial charge >= 0.3 is 0 Å². The summed E-state index contributed by atoms with van der Waals surface area (Å²) in [5.41, 5.74) is 7.80. The van der Waals surface area contributed by atoms with Gasteiger partial charge in [-0.2, -0.15) is 0 Å². The van der Waals surface area contributed by atoms with Gasteiger partial charge < -0.3 is 5.73 Å². The van der Waals surface area contributed by atoms with Crippen molar-refractivity contribution in [3.8, 4) is 0 Å². The molecule has 0 aliphatic carbocycles. The zero-order valence-electron chi connectivity index (χ0n) is 10.8. The van der Waals surface area contributed by atoms with Crippen LogP contribution in [0.25, 0.3) is 0 Å². The minimum Gasteiger partial charge on any atom is -0.322 e. The Labute approximate surface area is 106 Å². The van der Waals surface area contributed by atoms with Crippen molar-refractivity contribution >= 4 is 0 Å². The molecule has 1 aromatic heterocycles. The average Bonchev–Trinajstić information content (AvgIpc) is 2.75. The molecule has 5 heteroatoms. The summed E-state index contributed by atoms with van der Waals surface area (Å²) in [7, 11) is 1.81. The van der Waals surface area contributed by atoms with Crippen molar-refractivity contribution in [2.75, 3.05) is 0 Å². The summed E-state index contributed by atoms with van der Waals surface area (Å²) in [6, 6.07) is 6.16. The van der Waals surface area contributed by atoms with E-state index < -0.39 is 0 Å². The molecule has 4 nitrogen and oxygen atoms in total. The third-order valence-electron chi connectivity index (χ3n) is 3.43. The fourth-order valence-corrected chi connectivity index (χ4v) is 2.01. The van der Waals surface area contributed by atoms with Crippen LogP contribution in [0.4, 0.5) is 4.39 Å². The minimum absolute atomic E-state index is 0.245. The lowest BCUT2D eigenvalue weighted by atomic mass is 9.77. The predicted molar refractivity (Wildman–Crippen MR) is 67.4 cm³/mol. The van der Waals surface area contributed by atoms with Crippen LogP contribution in [0.2, 0.25) is 0 Å². The normalized spacial score (nSPS) is 13.6. The Kier molecular flexibility index (Phi) is 3.17. The van der Waals surface area contributed by atoms with Crippen LogP contribution in [0, 0.1) is 5.82 Å². The van der Waals surface area contributed by atoms with Crippen LogP contribution in [-0.2, 0) is 12.5 Å². The maximum Gasteiger partial charge on any atom is 0.123 e. The molecule has 2 aromatic rings. The Balaban J connectivity index is 2.36. The molecule has 1 atom stereocenters. The second kappa shape index (κ2) is 4.49. The molecule has 1 unspecified atom stereocenters. The highest BCUT2D eigenvalue weighted by Gasteiger charge is 2.31. The quantitative estimate of drug-likeness (QED) is 0.903. The Morgan fingerprint density at radius 1 is 1.28 bits per heavy atom. The lowest BCUT2D eigenvalue weighted by Crippen LogP contribution is -2.34. The Morgan fingerprint density at radius 3 is 2.39 bits per heavy atom. The standard InChI is InChI=1S/C13H17FN4/c1-13(2,9-4-6-10(14)7-5-9)12(15)11-8-16-17-18(11)3/h4-8,12H,15H2,1-3H3. The molecular formula is C13H17FN4. The van der Waals surface area contributed by atoms with E-state index in [4.69, 9.17) is 5.73 Å². The van der Waals surface area contributed by atoms with Gasteiger partial charge in [0.15, 0.2) is 0 Å². The largest absolute Gasteiger partial charge is 0.322 e. The van der Waals surface area contributed by atoms with Crippen LogP contribution < -0.4 is 5.73 Å². The number of aromatic nitrogens is 3. The number of hydrogen-bond donors (Lipinski definition) is 1. The Bertz CT molecular complexity index is 530. The van der Waals surface area contributed by atoms with Gasteiger partial charge in [-0.15, -0.1) is 5.10 Å². The van der Waals surface area contributed by atoms with E-state index in [1.807, 2.05) is 20.9 Å². The maximum absolute atomic E-state index is 13.0. The van der Waals surface area contributed by atoms with Gasteiger partial charge in [0, 0.05) is 12.5 Å². The van der Waals surface area contributed by atoms with Gasteiger partial charge in [0.25, 0.3) is 0 Å². The highest BCUT2D eigenvalue weighted by molar-refractivity contribution is 5.28. The fourth-order valence-electron chi connectivity index (χ4n) is 2.01. The van der Waals surface area contributed by atoms with E-state index in [0.717, 1.165) is 11.3 Å². The summed E-state index contributed by atoms with van der Waals surface area (Å²) in [5, 5.41) is 7.72. The molecule has 2 rings (SSSR count). The summed E-state index contributed by atoms with van der Waals surface area (Å²) in [5.74, 6) is -0.245. The second-order valence-electron chi connectivity index (χ2n) is 4.99. The highest BCUT2D eigenvalue weighted by Crippen LogP contribution is 2.34. The van der Waals surface area contributed by atoms with Gasteiger partial charge in [-0.3, -0.25) is 4.68 Å². The van der Waals surface area contributed by atoms with Crippen LogP contribution in [-0.4, -0.2) is 15.0 Å². The molecule has 0 aliphatic rings. The summed E-state index contributed by atoms with van der Waals surface area (Å²) in [4.78, 5) is 0. The van der Waals surface area contributed by atoms with E-state index in [1.165, 1.54) is 12.1 Å². The Hall–Kier alpha value is -1.75. The van der Waals surface area contributed by atoms with Crippen LogP contribution in [0.1, 0.15) is 31.1 Å². The number of rotatable bonds is 3. The van der Waals surface area contributed by atoms with Crippen LogP contribution in [0.5, 0.6) is 0 Å². The van der Waals surface area contributed by atoms with Crippen molar-refractivity contribution < 1.29 is 4.39 Å². The number of aryl methyl sites for hydroxylation is 1. The van der Waals surface area contributed by atoms with E-state index in [0.29, 0.717) is 0 Å². The third kappa shape index (κ3) is 2.13. The van der Waals surface area contributed by atoms with Crippen molar-refractivity contribution in [2.45, 2.75) is 25.3 Å². The fraction of sp³-hybridized carbons (Fsp3) is 0.385. The van der Waals surface area contributed by atoms with Gasteiger partial charge in [0.05, 0.1) is 17.9 Å². The molecule has 0 spiro atoms. The number of halogens is 1. The van der Waals surface area contributed by atoms with Crippen molar-refractivity contribution in [3.05, 3.63) is 47.5 Å². The lowest BCUT2D eigenvalue weighted by molar-refractivity contribution is 0.399. The van der Waals surface area contributed by atoms with Crippen LogP contribution in [0.15, 0.2) is 30.5 Å². The second-order valence-corrected chi connectivity index (χ2v) is 4.99. The zero-order chi connectivity index (χ0) is 13.3. The van der Waals surface area contributed by atoms with Gasteiger partial charge in [0.2, 0.25) is 0 Å². The van der Waals surface area contributed by atoms with E-state index >= 15 is 0 Å². The summed E-state index contributed by atoms with van der Waals surface area (Å²) in [6.07, 6.45) is 1.66. The third-order valence-corrected chi connectivity index (χ3v) is 3.43. The number of benzene rings is 1. The molecule has 1 aromatic carbocycles. The van der Waals surface area contributed by atoms with Crippen LogP contribution in [0.3, 0.4) is 0 Å². The molecule has 96 valence electrons. The molecule has 0 radical (unpaired) electrons. The van der Waals surface area contributed by atoms with Gasteiger partial charge in [-0.1, -0.05) is 31.2 Å². The van der Waals surface area contributed by atoms with Gasteiger partial charge in [0.1, 0.15) is 5.82 Å². The van der Waals surface area contributed by atoms with Crippen LogP contribution >= 0.6 is 0 Å². The van der Waals surface area contributed by atoms with Crippen molar-refractivity contribution in [1.29, 1.82) is 0 Å². The molecule has 18 heavy (non-hydrogen) atoms. The smallest absolute Gasteiger partial charge is 0.123 e. The number of nitrogens with zero attached hydrogens (tertiary/aromatic N) is 3. The lowest BCUT2D eigenvalue weighted by Gasteiger charge is -2.31. The van der Waals surface area contributed by atoms with Gasteiger partial charge in [-0.25, -0.2) is 4.39 Å². The Morgan fingerprint density at radius 2 is 1.89 bits per heavy atom. The average molecular weight is 248 g/mol. The molecule has 1 heterocycles. The number of nitrogens with two attached hydrogens (primary N) is 1. The molecule has 0 bridgehead atoms. The van der Waals surface area contributed by atoms with Gasteiger partial charge in [-0.05, 0) is 17.7 Å². The first kappa shape index (κ1) is 12.7. The van der Waals surface area contributed by atoms with E-state index in [2.05, 4.69) is 10.3 Å². The molecule has 0 aliphatic heterocycles. The summed E-state index contributed by atoms with van der Waals surface area (Å²) >= 11 is 0. The first-order valence-electron chi connectivity index (χ1n) is 5.79. The maximum atomic E-state index is 13.0. The monoisotopic (exact) mass is 248 g/mol. The zero-order valence-corrected chi connectivity index (χ0v) is 10.8. The van der Waals surface area contributed by atoms with Crippen molar-refractivity contribution in [2.24, 2.45) is 12.8 Å². The topological polar surface area (TPSA) is 56.7 Å². The highest BCUT2D eigenvalue weighted by atomic mass is 19.1. The van der Waals surface area contributed by atoms with E-state index in [-0.39, 0.29) is 17.3 Å². The minimum atomic E-state index is -0.330. The SMILES string of the molecule is Cn1nncc1C(N)C(C)(C)c1ccc(F)cc1. The molecule has 0 fully saturated rings. The van der Waals surface area contributed by atoms with Crippen molar-refractivity contribution in [1.82, 2.24) is 15.0 Å². The number of hydrogen-bond acceptors (Lipinski definition) is 3. The van der Waals surface area contributed by atoms with E-state index in [9.17, 15) is 4.39 Å². The molecular weight excluding hydrogens is 231 g/mol. The molecule has 2 N–H and O–H groups in total. The summed E-state index contributed by atoms with van der Waals surface area (Å²) < 4.78 is 14.6. The van der Waals surface area contributed by atoms with Crippen molar-refractivity contribution in [3.63, 3.8) is 0 Å². The molecule has 0 saturated heterocycles. The first-order chi connectivity index (χ1) is 8.43. The van der Waals surface area contributed by atoms with E-state index in [1.54, 1.807) is 23.0 Å².